The molecule has 0 fully saturated rings. The van der Waals surface area contributed by atoms with E-state index in [1.807, 2.05) is 6.92 Å². The molecule has 0 aliphatic rings. The molecule has 1 aromatic carbocycles. The van der Waals surface area contributed by atoms with Crippen LogP contribution >= 0.6 is 0 Å². The van der Waals surface area contributed by atoms with Crippen molar-refractivity contribution in [2.45, 2.75) is 39.5 Å². The van der Waals surface area contributed by atoms with Crippen LogP contribution in [0.2, 0.25) is 0 Å². The Labute approximate surface area is 169 Å². The van der Waals surface area contributed by atoms with Gasteiger partial charge in [-0.1, -0.05) is 17.9 Å². The van der Waals surface area contributed by atoms with Crippen molar-refractivity contribution in [1.29, 1.82) is 0 Å². The van der Waals surface area contributed by atoms with E-state index >= 15 is 0 Å². The zero-order valence-corrected chi connectivity index (χ0v) is 17.0. The normalized spacial score (nSPS) is 11.9. The molecule has 0 aliphatic carbocycles. The van der Waals surface area contributed by atoms with Crippen LogP contribution < -0.4 is 16.0 Å². The molecular weight excluding hydrogens is 385 g/mol. The van der Waals surface area contributed by atoms with E-state index in [1.165, 1.54) is 12.1 Å². The first-order chi connectivity index (χ1) is 13.5. The molecule has 0 aromatic heterocycles. The lowest BCUT2D eigenvalue weighted by atomic mass is 10.1. The first kappa shape index (κ1) is 24.1. The van der Waals surface area contributed by atoms with Gasteiger partial charge in [-0.25, -0.2) is 4.79 Å². The summed E-state index contributed by atoms with van der Waals surface area (Å²) in [6, 6.07) is 4.85. The molecule has 0 bridgehead atoms. The minimum absolute atomic E-state index is 0.196. The number of hydrogen-bond donors (Lipinski definition) is 3. The van der Waals surface area contributed by atoms with Gasteiger partial charge >= 0.3 is 12.3 Å². The number of aliphatic imine (C=N–C) groups is 1. The van der Waals surface area contributed by atoms with Crippen LogP contribution in [0.1, 0.15) is 38.8 Å². The van der Waals surface area contributed by atoms with Gasteiger partial charge in [0.2, 0.25) is 0 Å². The number of carbonyl (C=O) groups excluding carboxylic acids is 1. The molecule has 0 aliphatic heterocycles. The molecule has 0 saturated heterocycles. The molecule has 0 radical (unpaired) electrons. The van der Waals surface area contributed by atoms with E-state index < -0.39 is 23.4 Å². The van der Waals surface area contributed by atoms with Gasteiger partial charge in [-0.3, -0.25) is 4.99 Å². The maximum absolute atomic E-state index is 12.7. The molecule has 9 heteroatoms. The lowest BCUT2D eigenvalue weighted by molar-refractivity contribution is -0.137. The van der Waals surface area contributed by atoms with Crippen LogP contribution in [0, 0.1) is 11.8 Å². The number of benzene rings is 1. The second-order valence-corrected chi connectivity index (χ2v) is 6.92. The van der Waals surface area contributed by atoms with Gasteiger partial charge in [-0.2, -0.15) is 13.2 Å². The summed E-state index contributed by atoms with van der Waals surface area (Å²) < 4.78 is 43.2. The summed E-state index contributed by atoms with van der Waals surface area (Å²) in [6.07, 6.45) is -4.91. The average Bonchev–Trinajstić information content (AvgIpc) is 2.60. The Morgan fingerprint density at radius 1 is 1.17 bits per heavy atom. The van der Waals surface area contributed by atoms with Gasteiger partial charge in [0.25, 0.3) is 0 Å². The summed E-state index contributed by atoms with van der Waals surface area (Å²) in [7, 11) is 0. The van der Waals surface area contributed by atoms with Crippen molar-refractivity contribution in [3.8, 4) is 11.8 Å². The number of ether oxygens (including phenoxy) is 1. The molecule has 0 saturated carbocycles. The monoisotopic (exact) mass is 412 g/mol. The van der Waals surface area contributed by atoms with Gasteiger partial charge in [0, 0.05) is 18.7 Å². The topological polar surface area (TPSA) is 74.8 Å². The summed E-state index contributed by atoms with van der Waals surface area (Å²) in [4.78, 5) is 15.8. The number of carbonyl (C=O) groups is 1. The Morgan fingerprint density at radius 2 is 1.90 bits per heavy atom. The molecule has 0 spiro atoms. The lowest BCUT2D eigenvalue weighted by Crippen LogP contribution is -2.38. The fraction of sp³-hybridized carbons (Fsp3) is 0.500. The van der Waals surface area contributed by atoms with E-state index in [0.717, 1.165) is 12.1 Å². The van der Waals surface area contributed by atoms with Gasteiger partial charge in [0.15, 0.2) is 5.96 Å². The van der Waals surface area contributed by atoms with Crippen molar-refractivity contribution in [3.05, 3.63) is 35.4 Å². The first-order valence-electron chi connectivity index (χ1n) is 9.16. The third kappa shape index (κ3) is 10.9. The van der Waals surface area contributed by atoms with Crippen LogP contribution in [-0.4, -0.2) is 43.8 Å². The SMILES string of the molecule is CCNC(=NCCNC(=O)OC(C)(C)C)NCC#Cc1cccc(C(F)(F)F)c1. The Balaban J connectivity index is 2.52. The highest BCUT2D eigenvalue weighted by Gasteiger charge is 2.30. The van der Waals surface area contributed by atoms with Crippen molar-refractivity contribution in [2.24, 2.45) is 4.99 Å². The minimum atomic E-state index is -4.39. The highest BCUT2D eigenvalue weighted by molar-refractivity contribution is 5.80. The molecule has 1 aromatic rings. The lowest BCUT2D eigenvalue weighted by Gasteiger charge is -2.19. The molecule has 0 unspecified atom stereocenters. The van der Waals surface area contributed by atoms with Gasteiger partial charge in [0.05, 0.1) is 18.7 Å². The molecule has 1 rings (SSSR count). The Hall–Kier alpha value is -2.89. The number of halogens is 3. The van der Waals surface area contributed by atoms with E-state index in [2.05, 4.69) is 32.8 Å². The summed E-state index contributed by atoms with van der Waals surface area (Å²) in [6.45, 7) is 8.64. The number of alkyl carbamates (subject to hydrolysis) is 1. The van der Waals surface area contributed by atoms with Crippen molar-refractivity contribution in [3.63, 3.8) is 0 Å². The predicted octanol–water partition coefficient (Wildman–Crippen LogP) is 3.14. The summed E-state index contributed by atoms with van der Waals surface area (Å²) >= 11 is 0. The van der Waals surface area contributed by atoms with Crippen LogP contribution in [0.3, 0.4) is 0 Å². The highest BCUT2D eigenvalue weighted by Crippen LogP contribution is 2.29. The molecular formula is C20H27F3N4O2. The predicted molar refractivity (Wildman–Crippen MR) is 107 cm³/mol. The Bertz CT molecular complexity index is 759. The van der Waals surface area contributed by atoms with Crippen molar-refractivity contribution in [1.82, 2.24) is 16.0 Å². The number of nitrogens with zero attached hydrogens (tertiary/aromatic N) is 1. The van der Waals surface area contributed by atoms with E-state index in [1.54, 1.807) is 20.8 Å². The molecule has 160 valence electrons. The van der Waals surface area contributed by atoms with Crippen molar-refractivity contribution >= 4 is 12.1 Å². The second kappa shape index (κ2) is 11.2. The molecule has 0 heterocycles. The van der Waals surface area contributed by atoms with E-state index in [0.29, 0.717) is 25.6 Å². The van der Waals surface area contributed by atoms with Gasteiger partial charge in [-0.15, -0.1) is 0 Å². The highest BCUT2D eigenvalue weighted by atomic mass is 19.4. The van der Waals surface area contributed by atoms with E-state index in [-0.39, 0.29) is 12.1 Å². The van der Waals surface area contributed by atoms with Crippen LogP contribution in [0.4, 0.5) is 18.0 Å². The quantitative estimate of drug-likeness (QED) is 0.301. The minimum Gasteiger partial charge on any atom is -0.444 e. The third-order valence-corrected chi connectivity index (χ3v) is 3.16. The Morgan fingerprint density at radius 3 is 2.52 bits per heavy atom. The number of nitrogens with one attached hydrogen (secondary N) is 3. The maximum atomic E-state index is 12.7. The van der Waals surface area contributed by atoms with Crippen LogP contribution in [0.15, 0.2) is 29.3 Å². The number of rotatable bonds is 5. The van der Waals surface area contributed by atoms with Crippen molar-refractivity contribution < 1.29 is 22.7 Å². The molecule has 29 heavy (non-hydrogen) atoms. The fourth-order valence-electron chi connectivity index (χ4n) is 2.03. The molecule has 6 nitrogen and oxygen atoms in total. The zero-order chi connectivity index (χ0) is 21.9. The van der Waals surface area contributed by atoms with Gasteiger partial charge in [0.1, 0.15) is 5.60 Å². The maximum Gasteiger partial charge on any atom is 0.416 e. The van der Waals surface area contributed by atoms with Crippen LogP contribution in [-0.2, 0) is 10.9 Å². The number of alkyl halides is 3. The molecule has 3 N–H and O–H groups in total. The molecule has 0 atom stereocenters. The third-order valence-electron chi connectivity index (χ3n) is 3.16. The number of hydrogen-bond acceptors (Lipinski definition) is 3. The van der Waals surface area contributed by atoms with Crippen molar-refractivity contribution in [2.75, 3.05) is 26.2 Å². The summed E-state index contributed by atoms with van der Waals surface area (Å²) in [5.41, 5.74) is -1.02. The van der Waals surface area contributed by atoms with Crippen LogP contribution in [0.5, 0.6) is 0 Å². The summed E-state index contributed by atoms with van der Waals surface area (Å²) in [5, 5.41) is 8.58. The van der Waals surface area contributed by atoms with Gasteiger partial charge in [-0.05, 0) is 45.9 Å². The zero-order valence-electron chi connectivity index (χ0n) is 17.0. The first-order valence-corrected chi connectivity index (χ1v) is 9.16. The van der Waals surface area contributed by atoms with Gasteiger partial charge < -0.3 is 20.7 Å². The summed E-state index contributed by atoms with van der Waals surface area (Å²) in [5.74, 6) is 5.94. The number of amides is 1. The molecule has 1 amide bonds. The fourth-order valence-corrected chi connectivity index (χ4v) is 2.03. The number of guanidine groups is 1. The van der Waals surface area contributed by atoms with Crippen LogP contribution in [0.25, 0.3) is 0 Å². The van der Waals surface area contributed by atoms with E-state index in [9.17, 15) is 18.0 Å². The largest absolute Gasteiger partial charge is 0.444 e. The average molecular weight is 412 g/mol. The second-order valence-electron chi connectivity index (χ2n) is 6.92. The van der Waals surface area contributed by atoms with E-state index in [4.69, 9.17) is 4.74 Å². The smallest absolute Gasteiger partial charge is 0.416 e. The Kier molecular flexibility index (Phi) is 9.32. The standard InChI is InChI=1S/C20H27F3N4O2/c1-5-24-17(26-12-13-27-18(28)29-19(2,3)4)25-11-7-9-15-8-6-10-16(14-15)20(21,22)23/h6,8,10,14H,5,11-13H2,1-4H3,(H,27,28)(H2,24,25,26).